The summed E-state index contributed by atoms with van der Waals surface area (Å²) in [6, 6.07) is 0. The van der Waals surface area contributed by atoms with E-state index in [2.05, 4.69) is 5.16 Å². The number of nitrogens with zero attached hydrogens (tertiary/aromatic N) is 1. The van der Waals surface area contributed by atoms with Crippen molar-refractivity contribution in [2.75, 3.05) is 5.75 Å². The normalized spacial score (nSPS) is 19.5. The Bertz CT molecular complexity index is 167. The van der Waals surface area contributed by atoms with E-state index in [9.17, 15) is 0 Å². The van der Waals surface area contributed by atoms with Crippen LogP contribution >= 0.6 is 11.8 Å². The molecular formula is C9H18N2OS. The van der Waals surface area contributed by atoms with Crippen molar-refractivity contribution in [1.82, 2.24) is 0 Å². The van der Waals surface area contributed by atoms with Crippen molar-refractivity contribution >= 4 is 17.6 Å². The lowest BCUT2D eigenvalue weighted by Gasteiger charge is -2.07. The van der Waals surface area contributed by atoms with Gasteiger partial charge in [-0.15, -0.1) is 0 Å². The van der Waals surface area contributed by atoms with Gasteiger partial charge in [-0.25, -0.2) is 0 Å². The molecule has 0 heterocycles. The highest BCUT2D eigenvalue weighted by Crippen LogP contribution is 2.29. The van der Waals surface area contributed by atoms with E-state index in [4.69, 9.17) is 10.9 Å². The SMILES string of the molecule is NC(CCCSC1CCCC1)=NO. The minimum Gasteiger partial charge on any atom is -0.409 e. The Balaban J connectivity index is 1.94. The summed E-state index contributed by atoms with van der Waals surface area (Å²) in [7, 11) is 0. The quantitative estimate of drug-likeness (QED) is 0.236. The Kier molecular flexibility index (Phi) is 5.05. The van der Waals surface area contributed by atoms with Gasteiger partial charge in [0.1, 0.15) is 5.84 Å². The van der Waals surface area contributed by atoms with Gasteiger partial charge in [-0.2, -0.15) is 11.8 Å². The Labute approximate surface area is 83.8 Å². The van der Waals surface area contributed by atoms with Crippen molar-refractivity contribution in [3.05, 3.63) is 0 Å². The van der Waals surface area contributed by atoms with Gasteiger partial charge < -0.3 is 10.9 Å². The predicted octanol–water partition coefficient (Wildman–Crippen LogP) is 2.19. The average Bonchev–Trinajstić information content (AvgIpc) is 2.64. The van der Waals surface area contributed by atoms with Crippen molar-refractivity contribution in [1.29, 1.82) is 0 Å². The molecule has 0 saturated heterocycles. The minimum atomic E-state index is 0.354. The highest BCUT2D eigenvalue weighted by atomic mass is 32.2. The second-order valence-electron chi connectivity index (χ2n) is 3.47. The van der Waals surface area contributed by atoms with Crippen LogP contribution in [0, 0.1) is 0 Å². The molecule has 3 N–H and O–H groups in total. The first kappa shape index (κ1) is 10.7. The second kappa shape index (κ2) is 6.13. The fraction of sp³-hybridized carbons (Fsp3) is 0.889. The van der Waals surface area contributed by atoms with Gasteiger partial charge in [0.05, 0.1) is 0 Å². The zero-order chi connectivity index (χ0) is 9.52. The monoisotopic (exact) mass is 202 g/mol. The average molecular weight is 202 g/mol. The fourth-order valence-corrected chi connectivity index (χ4v) is 2.92. The molecule has 0 aromatic heterocycles. The van der Waals surface area contributed by atoms with E-state index in [0.717, 1.165) is 23.8 Å². The first-order valence-corrected chi connectivity index (χ1v) is 5.96. The summed E-state index contributed by atoms with van der Waals surface area (Å²) >= 11 is 2.04. The molecule has 0 amide bonds. The first-order valence-electron chi connectivity index (χ1n) is 4.91. The Morgan fingerprint density at radius 2 is 2.15 bits per heavy atom. The van der Waals surface area contributed by atoms with Gasteiger partial charge in [-0.05, 0) is 25.0 Å². The number of nitrogens with two attached hydrogens (primary N) is 1. The summed E-state index contributed by atoms with van der Waals surface area (Å²) in [6.45, 7) is 0. The van der Waals surface area contributed by atoms with Crippen LogP contribution in [0.15, 0.2) is 5.16 Å². The van der Waals surface area contributed by atoms with Crippen LogP contribution in [0.2, 0.25) is 0 Å². The molecule has 1 aliphatic rings. The molecule has 1 aliphatic carbocycles. The van der Waals surface area contributed by atoms with Crippen molar-refractivity contribution in [2.24, 2.45) is 10.9 Å². The molecule has 3 nitrogen and oxygen atoms in total. The van der Waals surface area contributed by atoms with Crippen molar-refractivity contribution < 1.29 is 5.21 Å². The predicted molar refractivity (Wildman–Crippen MR) is 57.4 cm³/mol. The van der Waals surface area contributed by atoms with E-state index >= 15 is 0 Å². The summed E-state index contributed by atoms with van der Waals surface area (Å²) < 4.78 is 0. The maximum Gasteiger partial charge on any atom is 0.139 e. The van der Waals surface area contributed by atoms with Crippen LogP contribution in [0.25, 0.3) is 0 Å². The fourth-order valence-electron chi connectivity index (χ4n) is 1.61. The van der Waals surface area contributed by atoms with Crippen molar-refractivity contribution in [2.45, 2.75) is 43.8 Å². The molecule has 1 fully saturated rings. The summed E-state index contributed by atoms with van der Waals surface area (Å²) in [5, 5.41) is 12.1. The third-order valence-electron chi connectivity index (χ3n) is 2.36. The topological polar surface area (TPSA) is 58.6 Å². The molecule has 0 aromatic rings. The van der Waals surface area contributed by atoms with Gasteiger partial charge in [0.25, 0.3) is 0 Å². The first-order chi connectivity index (χ1) is 6.33. The third kappa shape index (κ3) is 4.41. The number of thioether (sulfide) groups is 1. The number of oxime groups is 1. The molecule has 0 spiro atoms. The lowest BCUT2D eigenvalue weighted by molar-refractivity contribution is 0.317. The van der Waals surface area contributed by atoms with Gasteiger partial charge >= 0.3 is 0 Å². The zero-order valence-electron chi connectivity index (χ0n) is 7.91. The smallest absolute Gasteiger partial charge is 0.139 e. The largest absolute Gasteiger partial charge is 0.409 e. The number of rotatable bonds is 5. The molecular weight excluding hydrogens is 184 g/mol. The van der Waals surface area contributed by atoms with Crippen LogP contribution in [-0.2, 0) is 0 Å². The molecule has 13 heavy (non-hydrogen) atoms. The van der Waals surface area contributed by atoms with E-state index in [0.29, 0.717) is 5.84 Å². The standard InChI is InChI=1S/C9H18N2OS/c10-9(11-12)6-3-7-13-8-4-1-2-5-8/h8,12H,1-7H2,(H2,10,11). The Hall–Kier alpha value is -0.380. The third-order valence-corrected chi connectivity index (χ3v) is 3.83. The summed E-state index contributed by atoms with van der Waals surface area (Å²) in [6.07, 6.45) is 7.31. The highest BCUT2D eigenvalue weighted by molar-refractivity contribution is 7.99. The van der Waals surface area contributed by atoms with Crippen molar-refractivity contribution in [3.8, 4) is 0 Å². The lowest BCUT2D eigenvalue weighted by Crippen LogP contribution is -2.11. The van der Waals surface area contributed by atoms with Crippen LogP contribution < -0.4 is 5.73 Å². The van der Waals surface area contributed by atoms with Crippen LogP contribution in [0.5, 0.6) is 0 Å². The minimum absolute atomic E-state index is 0.354. The Morgan fingerprint density at radius 1 is 1.46 bits per heavy atom. The van der Waals surface area contributed by atoms with Crippen LogP contribution in [0.1, 0.15) is 38.5 Å². The van der Waals surface area contributed by atoms with E-state index in [-0.39, 0.29) is 0 Å². The second-order valence-corrected chi connectivity index (χ2v) is 4.88. The molecule has 0 aromatic carbocycles. The maximum atomic E-state index is 8.30. The van der Waals surface area contributed by atoms with Gasteiger partial charge in [0.15, 0.2) is 0 Å². The molecule has 1 rings (SSSR count). The van der Waals surface area contributed by atoms with Gasteiger partial charge in [-0.3, -0.25) is 0 Å². The van der Waals surface area contributed by atoms with E-state index in [1.807, 2.05) is 11.8 Å². The number of hydrogen-bond acceptors (Lipinski definition) is 3. The van der Waals surface area contributed by atoms with E-state index < -0.39 is 0 Å². The Morgan fingerprint density at radius 3 is 2.77 bits per heavy atom. The molecule has 0 atom stereocenters. The molecule has 0 aliphatic heterocycles. The molecule has 1 saturated carbocycles. The van der Waals surface area contributed by atoms with E-state index in [1.54, 1.807) is 0 Å². The van der Waals surface area contributed by atoms with Crippen LogP contribution in [0.4, 0.5) is 0 Å². The number of amidine groups is 1. The molecule has 4 heteroatoms. The van der Waals surface area contributed by atoms with Crippen molar-refractivity contribution in [3.63, 3.8) is 0 Å². The summed E-state index contributed by atoms with van der Waals surface area (Å²) in [5.74, 6) is 1.49. The summed E-state index contributed by atoms with van der Waals surface area (Å²) in [5.41, 5.74) is 5.36. The van der Waals surface area contributed by atoms with Crippen LogP contribution in [0.3, 0.4) is 0 Å². The summed E-state index contributed by atoms with van der Waals surface area (Å²) in [4.78, 5) is 0. The molecule has 0 bridgehead atoms. The zero-order valence-corrected chi connectivity index (χ0v) is 8.72. The number of hydrogen-bond donors (Lipinski definition) is 2. The van der Waals surface area contributed by atoms with E-state index in [1.165, 1.54) is 25.7 Å². The van der Waals surface area contributed by atoms with Gasteiger partial charge in [0.2, 0.25) is 0 Å². The molecule has 0 unspecified atom stereocenters. The highest BCUT2D eigenvalue weighted by Gasteiger charge is 2.14. The molecule has 76 valence electrons. The molecule has 0 radical (unpaired) electrons. The van der Waals surface area contributed by atoms with Gasteiger partial charge in [0, 0.05) is 11.7 Å². The maximum absolute atomic E-state index is 8.30. The van der Waals surface area contributed by atoms with Crippen LogP contribution in [-0.4, -0.2) is 22.0 Å². The van der Waals surface area contributed by atoms with Gasteiger partial charge in [-0.1, -0.05) is 18.0 Å². The lowest BCUT2D eigenvalue weighted by atomic mass is 10.3.